The van der Waals surface area contributed by atoms with Crippen LogP contribution in [0.15, 0.2) is 4.99 Å². The van der Waals surface area contributed by atoms with Crippen molar-refractivity contribution in [2.45, 2.75) is 13.8 Å². The highest BCUT2D eigenvalue weighted by Gasteiger charge is 2.15. The van der Waals surface area contributed by atoms with Crippen LogP contribution in [0, 0.1) is 5.92 Å². The molecule has 0 atom stereocenters. The van der Waals surface area contributed by atoms with E-state index >= 15 is 0 Å². The number of carbonyl (C=O) groups is 2. The van der Waals surface area contributed by atoms with E-state index in [0.29, 0.717) is 0 Å². The fraction of sp³-hybridized carbons (Fsp3) is 0.571. The summed E-state index contributed by atoms with van der Waals surface area (Å²) < 4.78 is 0. The SMILES string of the molecule is CC(C)C(=NC(=O)CO)C(=O)O. The Morgan fingerprint density at radius 3 is 2.17 bits per heavy atom. The van der Waals surface area contributed by atoms with E-state index in [4.69, 9.17) is 10.2 Å². The van der Waals surface area contributed by atoms with Gasteiger partial charge in [-0.1, -0.05) is 13.8 Å². The van der Waals surface area contributed by atoms with Gasteiger partial charge in [0.2, 0.25) is 0 Å². The van der Waals surface area contributed by atoms with Gasteiger partial charge in [0.1, 0.15) is 12.3 Å². The van der Waals surface area contributed by atoms with Crippen LogP contribution in [0.2, 0.25) is 0 Å². The van der Waals surface area contributed by atoms with E-state index in [0.717, 1.165) is 0 Å². The van der Waals surface area contributed by atoms with E-state index in [9.17, 15) is 9.59 Å². The number of amides is 1. The lowest BCUT2D eigenvalue weighted by Gasteiger charge is -2.02. The Bertz CT molecular complexity index is 219. The third kappa shape index (κ3) is 3.25. The summed E-state index contributed by atoms with van der Waals surface area (Å²) >= 11 is 0. The van der Waals surface area contributed by atoms with E-state index < -0.39 is 18.5 Å². The van der Waals surface area contributed by atoms with Crippen molar-refractivity contribution in [2.75, 3.05) is 6.61 Å². The van der Waals surface area contributed by atoms with Crippen LogP contribution >= 0.6 is 0 Å². The number of nitrogens with zero attached hydrogens (tertiary/aromatic N) is 1. The number of hydrogen-bond acceptors (Lipinski definition) is 3. The smallest absolute Gasteiger partial charge is 0.350 e. The molecule has 0 aromatic heterocycles. The first kappa shape index (κ1) is 10.8. The minimum Gasteiger partial charge on any atom is -0.477 e. The first-order valence-electron chi connectivity index (χ1n) is 3.44. The van der Waals surface area contributed by atoms with Crippen LogP contribution in [0.3, 0.4) is 0 Å². The number of aliphatic imine (C=N–C) groups is 1. The van der Waals surface area contributed by atoms with Gasteiger partial charge in [0.05, 0.1) is 0 Å². The number of carboxylic acids is 1. The molecule has 12 heavy (non-hydrogen) atoms. The summed E-state index contributed by atoms with van der Waals surface area (Å²) in [7, 11) is 0. The fourth-order valence-electron chi connectivity index (χ4n) is 0.594. The molecule has 0 rings (SSSR count). The maximum Gasteiger partial charge on any atom is 0.350 e. The second-order valence-electron chi connectivity index (χ2n) is 2.51. The number of rotatable bonds is 3. The lowest BCUT2D eigenvalue weighted by molar-refractivity contribution is -0.130. The number of aliphatic hydroxyl groups excluding tert-OH is 1. The molecule has 0 aromatic rings. The molecule has 0 aliphatic rings. The lowest BCUT2D eigenvalue weighted by Crippen LogP contribution is -2.21. The first-order valence-corrected chi connectivity index (χ1v) is 3.44. The maximum absolute atomic E-state index is 10.5. The molecule has 68 valence electrons. The van der Waals surface area contributed by atoms with Gasteiger partial charge in [-0.3, -0.25) is 4.79 Å². The highest BCUT2D eigenvalue weighted by atomic mass is 16.4. The Balaban J connectivity index is 4.61. The topological polar surface area (TPSA) is 87.0 Å². The summed E-state index contributed by atoms with van der Waals surface area (Å²) in [6.07, 6.45) is 0. The van der Waals surface area contributed by atoms with Crippen molar-refractivity contribution in [1.29, 1.82) is 0 Å². The van der Waals surface area contributed by atoms with Crippen molar-refractivity contribution in [3.63, 3.8) is 0 Å². The van der Waals surface area contributed by atoms with Crippen LogP contribution in [0.25, 0.3) is 0 Å². The number of aliphatic hydroxyl groups is 1. The van der Waals surface area contributed by atoms with Crippen molar-refractivity contribution in [2.24, 2.45) is 10.9 Å². The molecule has 0 aliphatic carbocycles. The van der Waals surface area contributed by atoms with E-state index in [1.807, 2.05) is 0 Å². The van der Waals surface area contributed by atoms with E-state index in [2.05, 4.69) is 4.99 Å². The molecule has 0 spiro atoms. The van der Waals surface area contributed by atoms with Gasteiger partial charge < -0.3 is 10.2 Å². The molecule has 0 fully saturated rings. The minimum absolute atomic E-state index is 0.228. The average Bonchev–Trinajstić information content (AvgIpc) is 1.98. The summed E-state index contributed by atoms with van der Waals surface area (Å²) in [5.41, 5.74) is -0.228. The fourth-order valence-corrected chi connectivity index (χ4v) is 0.594. The largest absolute Gasteiger partial charge is 0.477 e. The molecule has 5 nitrogen and oxygen atoms in total. The second kappa shape index (κ2) is 4.61. The summed E-state index contributed by atoms with van der Waals surface area (Å²) in [5, 5.41) is 16.8. The highest BCUT2D eigenvalue weighted by Crippen LogP contribution is 1.97. The van der Waals surface area contributed by atoms with Crippen molar-refractivity contribution in [3.8, 4) is 0 Å². The zero-order valence-corrected chi connectivity index (χ0v) is 6.94. The summed E-state index contributed by atoms with van der Waals surface area (Å²) in [4.78, 5) is 24.2. The van der Waals surface area contributed by atoms with Crippen LogP contribution in [0.5, 0.6) is 0 Å². The number of aliphatic carboxylic acids is 1. The van der Waals surface area contributed by atoms with Gasteiger partial charge in [-0.15, -0.1) is 0 Å². The predicted octanol–water partition coefficient (Wildman–Crippen LogP) is -0.313. The Morgan fingerprint density at radius 2 is 1.92 bits per heavy atom. The molecule has 0 aliphatic heterocycles. The minimum atomic E-state index is -1.23. The zero-order valence-electron chi connectivity index (χ0n) is 6.94. The molecule has 5 heteroatoms. The van der Waals surface area contributed by atoms with E-state index in [-0.39, 0.29) is 11.6 Å². The Hall–Kier alpha value is -1.23. The second-order valence-corrected chi connectivity index (χ2v) is 2.51. The normalized spacial score (nSPS) is 11.8. The third-order valence-electron chi connectivity index (χ3n) is 1.15. The molecule has 0 radical (unpaired) electrons. The molecule has 0 unspecified atom stereocenters. The maximum atomic E-state index is 10.5. The van der Waals surface area contributed by atoms with Crippen molar-refractivity contribution in [1.82, 2.24) is 0 Å². The van der Waals surface area contributed by atoms with Gasteiger partial charge in [-0.05, 0) is 0 Å². The molecule has 0 saturated heterocycles. The number of carboxylic acid groups (broad SMARTS) is 1. The monoisotopic (exact) mass is 173 g/mol. The number of hydrogen-bond donors (Lipinski definition) is 2. The van der Waals surface area contributed by atoms with E-state index in [1.165, 1.54) is 0 Å². The van der Waals surface area contributed by atoms with Crippen LogP contribution in [0.4, 0.5) is 0 Å². The molecular weight excluding hydrogens is 162 g/mol. The Labute approximate surface area is 69.7 Å². The molecule has 0 bridgehead atoms. The molecule has 0 saturated carbocycles. The molecular formula is C7H11NO4. The van der Waals surface area contributed by atoms with Gasteiger partial charge in [-0.25, -0.2) is 9.79 Å². The van der Waals surface area contributed by atoms with Crippen LogP contribution in [0.1, 0.15) is 13.8 Å². The molecule has 0 heterocycles. The summed E-state index contributed by atoms with van der Waals surface area (Å²) in [6.45, 7) is 2.46. The summed E-state index contributed by atoms with van der Waals surface area (Å²) in [5.74, 6) is -2.40. The predicted molar refractivity (Wildman–Crippen MR) is 42.0 cm³/mol. The van der Waals surface area contributed by atoms with E-state index in [1.54, 1.807) is 13.8 Å². The van der Waals surface area contributed by atoms with Crippen LogP contribution in [-0.4, -0.2) is 34.4 Å². The van der Waals surface area contributed by atoms with Gasteiger partial charge in [0.25, 0.3) is 5.91 Å². The quantitative estimate of drug-likeness (QED) is 0.573. The molecule has 1 amide bonds. The van der Waals surface area contributed by atoms with Gasteiger partial charge in [-0.2, -0.15) is 0 Å². The molecule has 2 N–H and O–H groups in total. The van der Waals surface area contributed by atoms with Crippen LogP contribution < -0.4 is 0 Å². The van der Waals surface area contributed by atoms with Gasteiger partial charge in [0.15, 0.2) is 0 Å². The van der Waals surface area contributed by atoms with Gasteiger partial charge in [0, 0.05) is 5.92 Å². The lowest BCUT2D eigenvalue weighted by atomic mass is 10.1. The average molecular weight is 173 g/mol. The molecule has 0 aromatic carbocycles. The number of carbonyl (C=O) groups excluding carboxylic acids is 1. The highest BCUT2D eigenvalue weighted by molar-refractivity contribution is 6.37. The van der Waals surface area contributed by atoms with Gasteiger partial charge >= 0.3 is 5.97 Å². The Kier molecular flexibility index (Phi) is 4.14. The van der Waals surface area contributed by atoms with Crippen molar-refractivity contribution in [3.05, 3.63) is 0 Å². The van der Waals surface area contributed by atoms with Crippen molar-refractivity contribution < 1.29 is 19.8 Å². The third-order valence-corrected chi connectivity index (χ3v) is 1.15. The summed E-state index contributed by atoms with van der Waals surface area (Å²) in [6, 6.07) is 0. The Morgan fingerprint density at radius 1 is 1.42 bits per heavy atom. The van der Waals surface area contributed by atoms with Crippen LogP contribution in [-0.2, 0) is 9.59 Å². The van der Waals surface area contributed by atoms with Crippen molar-refractivity contribution >= 4 is 17.6 Å². The first-order chi connectivity index (χ1) is 5.49. The standard InChI is InChI=1S/C7H11NO4/c1-4(2)6(7(11)12)8-5(10)3-9/h4,9H,3H2,1-2H3,(H,11,12). The zero-order chi connectivity index (χ0) is 9.72.